The van der Waals surface area contributed by atoms with Crippen molar-refractivity contribution in [3.63, 3.8) is 0 Å². The summed E-state index contributed by atoms with van der Waals surface area (Å²) in [6.07, 6.45) is 0. The van der Waals surface area contributed by atoms with Crippen molar-refractivity contribution in [2.75, 3.05) is 4.90 Å². The molecule has 0 amide bonds. The van der Waals surface area contributed by atoms with Crippen LogP contribution in [-0.2, 0) is 0 Å². The van der Waals surface area contributed by atoms with Gasteiger partial charge in [-0.1, -0.05) is 170 Å². The average molecular weight is 674 g/mol. The van der Waals surface area contributed by atoms with Crippen molar-refractivity contribution in [3.8, 4) is 33.4 Å². The first-order valence-corrected chi connectivity index (χ1v) is 18.3. The quantitative estimate of drug-likeness (QED) is 0.159. The van der Waals surface area contributed by atoms with Crippen molar-refractivity contribution >= 4 is 60.2 Å². The highest BCUT2D eigenvalue weighted by Crippen LogP contribution is 2.44. The molecule has 0 radical (unpaired) electrons. The molecule has 0 N–H and O–H groups in total. The summed E-state index contributed by atoms with van der Waals surface area (Å²) < 4.78 is 0. The normalized spacial score (nSPS) is 11.4. The van der Waals surface area contributed by atoms with Crippen molar-refractivity contribution < 1.29 is 0 Å². The van der Waals surface area contributed by atoms with E-state index < -0.39 is 0 Å². The summed E-state index contributed by atoms with van der Waals surface area (Å²) in [5.74, 6) is 0. The van der Waals surface area contributed by atoms with Crippen LogP contribution in [0.4, 0.5) is 17.1 Å². The molecule has 0 atom stereocenters. The van der Waals surface area contributed by atoms with Crippen LogP contribution >= 0.6 is 0 Å². The van der Waals surface area contributed by atoms with Crippen LogP contribution in [0.25, 0.3) is 76.5 Å². The van der Waals surface area contributed by atoms with Gasteiger partial charge < -0.3 is 4.90 Å². The molecule has 1 heteroatoms. The highest BCUT2D eigenvalue weighted by Gasteiger charge is 2.19. The molecule has 10 rings (SSSR count). The van der Waals surface area contributed by atoms with E-state index in [4.69, 9.17) is 0 Å². The van der Waals surface area contributed by atoms with Crippen molar-refractivity contribution in [3.05, 3.63) is 212 Å². The molecule has 0 fully saturated rings. The van der Waals surface area contributed by atoms with Gasteiger partial charge in [-0.15, -0.1) is 0 Å². The number of fused-ring (bicyclic) bond motifs is 5. The van der Waals surface area contributed by atoms with E-state index in [1.807, 2.05) is 0 Å². The largest absolute Gasteiger partial charge is 0.310 e. The molecule has 0 aliphatic carbocycles. The van der Waals surface area contributed by atoms with Crippen LogP contribution in [0.1, 0.15) is 0 Å². The summed E-state index contributed by atoms with van der Waals surface area (Å²) >= 11 is 0. The number of anilines is 3. The predicted molar refractivity (Wildman–Crippen MR) is 227 cm³/mol. The van der Waals surface area contributed by atoms with E-state index in [1.54, 1.807) is 0 Å². The molecule has 0 bridgehead atoms. The fraction of sp³-hybridized carbons (Fsp3) is 0. The Balaban J connectivity index is 1.20. The lowest BCUT2D eigenvalue weighted by atomic mass is 9.93. The second-order valence-electron chi connectivity index (χ2n) is 13.7. The summed E-state index contributed by atoms with van der Waals surface area (Å²) in [6, 6.07) is 77.3. The van der Waals surface area contributed by atoms with E-state index in [2.05, 4.69) is 217 Å². The molecule has 10 aromatic rings. The molecular formula is C52H35N. The molecule has 0 spiro atoms. The van der Waals surface area contributed by atoms with Gasteiger partial charge in [0.1, 0.15) is 0 Å². The molecule has 248 valence electrons. The van der Waals surface area contributed by atoms with Gasteiger partial charge in [0.05, 0.1) is 5.69 Å². The molecule has 0 aromatic heterocycles. The zero-order valence-electron chi connectivity index (χ0n) is 29.2. The lowest BCUT2D eigenvalue weighted by molar-refractivity contribution is 1.30. The lowest BCUT2D eigenvalue weighted by Gasteiger charge is -2.28. The molecule has 0 unspecified atom stereocenters. The number of hydrogen-bond acceptors (Lipinski definition) is 1. The molecule has 1 nitrogen and oxygen atoms in total. The van der Waals surface area contributed by atoms with Crippen LogP contribution < -0.4 is 4.90 Å². The van der Waals surface area contributed by atoms with Gasteiger partial charge in [-0.05, 0) is 114 Å². The smallest absolute Gasteiger partial charge is 0.0540 e. The molecule has 0 heterocycles. The Morgan fingerprint density at radius 2 is 0.792 bits per heavy atom. The van der Waals surface area contributed by atoms with Crippen molar-refractivity contribution in [1.29, 1.82) is 0 Å². The van der Waals surface area contributed by atoms with Crippen LogP contribution in [0, 0.1) is 0 Å². The van der Waals surface area contributed by atoms with Crippen LogP contribution in [0.2, 0.25) is 0 Å². The minimum atomic E-state index is 1.10. The van der Waals surface area contributed by atoms with Crippen molar-refractivity contribution in [1.82, 2.24) is 0 Å². The average Bonchev–Trinajstić information content (AvgIpc) is 3.24. The number of hydrogen-bond donors (Lipinski definition) is 0. The molecule has 10 aromatic carbocycles. The maximum Gasteiger partial charge on any atom is 0.0540 e. The Bertz CT molecular complexity index is 2960. The zero-order valence-corrected chi connectivity index (χ0v) is 29.2. The fourth-order valence-electron chi connectivity index (χ4n) is 8.07. The topological polar surface area (TPSA) is 3.24 Å². The standard InChI is InChI=1S/C52H35N/c1-2-15-37(16-3-1)46-30-31-52(50-27-11-10-25-48(46)50)53(43-21-12-19-39(33-43)40-29-28-36-14-4-5-17-38(36)32-40)44-22-13-20-41(34-44)51-35-42-18-6-7-23-45(42)47-24-8-9-26-49(47)51/h1-35H. The highest BCUT2D eigenvalue weighted by molar-refractivity contribution is 6.14. The van der Waals surface area contributed by atoms with Crippen LogP contribution in [0.3, 0.4) is 0 Å². The SMILES string of the molecule is c1ccc(-c2ccc(N(c3cccc(-c4ccc5ccccc5c4)c3)c3cccc(-c4cc5ccccc5c5ccccc45)c3)c3ccccc23)cc1. The summed E-state index contributed by atoms with van der Waals surface area (Å²) in [6.45, 7) is 0. The molecular weight excluding hydrogens is 639 g/mol. The van der Waals surface area contributed by atoms with E-state index in [-0.39, 0.29) is 0 Å². The first-order valence-electron chi connectivity index (χ1n) is 18.3. The van der Waals surface area contributed by atoms with Gasteiger partial charge in [0.2, 0.25) is 0 Å². The van der Waals surface area contributed by atoms with Crippen LogP contribution in [-0.4, -0.2) is 0 Å². The van der Waals surface area contributed by atoms with Crippen LogP contribution in [0.15, 0.2) is 212 Å². The minimum absolute atomic E-state index is 1.10. The Kier molecular flexibility index (Phi) is 7.55. The Hall–Kier alpha value is -6.96. The van der Waals surface area contributed by atoms with Crippen molar-refractivity contribution in [2.24, 2.45) is 0 Å². The van der Waals surface area contributed by atoms with Gasteiger partial charge in [-0.2, -0.15) is 0 Å². The third kappa shape index (κ3) is 5.51. The highest BCUT2D eigenvalue weighted by atomic mass is 15.1. The number of nitrogens with zero attached hydrogens (tertiary/aromatic N) is 1. The van der Waals surface area contributed by atoms with Gasteiger partial charge in [0, 0.05) is 16.8 Å². The molecule has 0 aliphatic heterocycles. The molecule has 0 saturated carbocycles. The third-order valence-electron chi connectivity index (χ3n) is 10.6. The van der Waals surface area contributed by atoms with E-state index in [0.29, 0.717) is 0 Å². The van der Waals surface area contributed by atoms with E-state index in [1.165, 1.54) is 76.5 Å². The third-order valence-corrected chi connectivity index (χ3v) is 10.6. The van der Waals surface area contributed by atoms with E-state index in [0.717, 1.165) is 17.1 Å². The Morgan fingerprint density at radius 3 is 1.57 bits per heavy atom. The Labute approximate surface area is 309 Å². The first kappa shape index (κ1) is 30.8. The van der Waals surface area contributed by atoms with Gasteiger partial charge in [0.25, 0.3) is 0 Å². The minimum Gasteiger partial charge on any atom is -0.310 e. The zero-order chi connectivity index (χ0) is 35.1. The Morgan fingerprint density at radius 1 is 0.245 bits per heavy atom. The van der Waals surface area contributed by atoms with E-state index in [9.17, 15) is 0 Å². The second-order valence-corrected chi connectivity index (χ2v) is 13.7. The molecule has 0 saturated heterocycles. The van der Waals surface area contributed by atoms with Gasteiger partial charge in [-0.25, -0.2) is 0 Å². The summed E-state index contributed by atoms with van der Waals surface area (Å²) in [5.41, 5.74) is 10.6. The number of benzene rings is 10. The van der Waals surface area contributed by atoms with Crippen molar-refractivity contribution in [2.45, 2.75) is 0 Å². The first-order chi connectivity index (χ1) is 26.3. The monoisotopic (exact) mass is 673 g/mol. The number of rotatable bonds is 6. The lowest BCUT2D eigenvalue weighted by Crippen LogP contribution is -2.11. The van der Waals surface area contributed by atoms with Gasteiger partial charge in [-0.3, -0.25) is 0 Å². The predicted octanol–water partition coefficient (Wildman–Crippen LogP) is 14.8. The molecule has 0 aliphatic rings. The fourth-order valence-corrected chi connectivity index (χ4v) is 8.07. The molecule has 53 heavy (non-hydrogen) atoms. The summed E-state index contributed by atoms with van der Waals surface area (Å²) in [7, 11) is 0. The second kappa shape index (κ2) is 13.0. The summed E-state index contributed by atoms with van der Waals surface area (Å²) in [5, 5.41) is 9.96. The maximum atomic E-state index is 2.44. The van der Waals surface area contributed by atoms with Crippen LogP contribution in [0.5, 0.6) is 0 Å². The van der Waals surface area contributed by atoms with Gasteiger partial charge in [0.15, 0.2) is 0 Å². The maximum absolute atomic E-state index is 2.44. The van der Waals surface area contributed by atoms with Gasteiger partial charge >= 0.3 is 0 Å². The van der Waals surface area contributed by atoms with E-state index >= 15 is 0 Å². The summed E-state index contributed by atoms with van der Waals surface area (Å²) in [4.78, 5) is 2.44.